The molecule has 0 radical (unpaired) electrons. The van der Waals surface area contributed by atoms with E-state index in [0.29, 0.717) is 0 Å². The summed E-state index contributed by atoms with van der Waals surface area (Å²) in [5.74, 6) is 0. The average Bonchev–Trinajstić information content (AvgIpc) is 2.21. The number of carbonyl (C=O) groups excluding carboxylic acids is 1. The standard InChI is InChI=1S/C13H26O.Al.3H/c1-2-3-4-5-6-7-8-9-10-11-12-13-14;;;;/h13H,2-12H2,1H3;;;;. The minimum atomic E-state index is 0. The van der Waals surface area contributed by atoms with Crippen LogP contribution in [0.2, 0.25) is 0 Å². The number of hydrogen-bond donors (Lipinski definition) is 0. The van der Waals surface area contributed by atoms with Crippen LogP contribution >= 0.6 is 0 Å². The van der Waals surface area contributed by atoms with Gasteiger partial charge in [0.15, 0.2) is 17.4 Å². The van der Waals surface area contributed by atoms with Crippen LogP contribution in [0, 0.1) is 0 Å². The molecular weight excluding hydrogens is 199 g/mol. The van der Waals surface area contributed by atoms with Crippen molar-refractivity contribution in [3.63, 3.8) is 0 Å². The van der Waals surface area contributed by atoms with E-state index in [1.165, 1.54) is 57.8 Å². The normalized spacial score (nSPS) is 9.67. The molecular formula is C13H29AlO. The van der Waals surface area contributed by atoms with E-state index in [2.05, 4.69) is 6.92 Å². The average molecular weight is 228 g/mol. The first-order chi connectivity index (χ1) is 6.91. The first kappa shape index (κ1) is 17.6. The molecule has 0 aliphatic rings. The molecule has 0 atom stereocenters. The van der Waals surface area contributed by atoms with Gasteiger partial charge in [0.1, 0.15) is 6.29 Å². The summed E-state index contributed by atoms with van der Waals surface area (Å²) in [7, 11) is 0. The van der Waals surface area contributed by atoms with Crippen molar-refractivity contribution in [2.45, 2.75) is 77.6 Å². The second-order valence-corrected chi connectivity index (χ2v) is 4.14. The second-order valence-electron chi connectivity index (χ2n) is 4.14. The highest BCUT2D eigenvalue weighted by atomic mass is 27.0. The van der Waals surface area contributed by atoms with Gasteiger partial charge in [0.05, 0.1) is 0 Å². The van der Waals surface area contributed by atoms with Crippen molar-refractivity contribution in [3.8, 4) is 0 Å². The lowest BCUT2D eigenvalue weighted by Gasteiger charge is -2.00. The molecule has 0 bridgehead atoms. The zero-order chi connectivity index (χ0) is 10.5. The van der Waals surface area contributed by atoms with Gasteiger partial charge in [0, 0.05) is 6.42 Å². The summed E-state index contributed by atoms with van der Waals surface area (Å²) in [6, 6.07) is 0. The van der Waals surface area contributed by atoms with Gasteiger partial charge in [-0.2, -0.15) is 0 Å². The lowest BCUT2D eigenvalue weighted by atomic mass is 10.1. The monoisotopic (exact) mass is 228 g/mol. The summed E-state index contributed by atoms with van der Waals surface area (Å²) in [5.41, 5.74) is 0. The van der Waals surface area contributed by atoms with Gasteiger partial charge in [-0.15, -0.1) is 0 Å². The van der Waals surface area contributed by atoms with E-state index < -0.39 is 0 Å². The summed E-state index contributed by atoms with van der Waals surface area (Å²) in [5, 5.41) is 0. The number of aldehydes is 1. The Kier molecular flexibility index (Phi) is 19.5. The maximum atomic E-state index is 10.0. The van der Waals surface area contributed by atoms with Crippen LogP contribution in [0.1, 0.15) is 77.6 Å². The number of unbranched alkanes of at least 4 members (excludes halogenated alkanes) is 10. The molecule has 2 heteroatoms. The molecule has 0 saturated heterocycles. The molecule has 0 rings (SSSR count). The maximum Gasteiger partial charge on any atom is 0.187 e. The molecule has 0 saturated carbocycles. The Labute approximate surface area is 106 Å². The predicted molar refractivity (Wildman–Crippen MR) is 72.5 cm³/mol. The Hall–Kier alpha value is 0.202. The first-order valence-corrected chi connectivity index (χ1v) is 6.35. The van der Waals surface area contributed by atoms with Crippen LogP contribution in [0.3, 0.4) is 0 Å². The van der Waals surface area contributed by atoms with E-state index in [-0.39, 0.29) is 17.4 Å². The summed E-state index contributed by atoms with van der Waals surface area (Å²) in [4.78, 5) is 10.0. The molecule has 0 spiro atoms. The zero-order valence-corrected chi connectivity index (χ0v) is 9.76. The fraction of sp³-hybridized carbons (Fsp3) is 0.923. The van der Waals surface area contributed by atoms with Gasteiger partial charge in [0.25, 0.3) is 0 Å². The van der Waals surface area contributed by atoms with Crippen molar-refractivity contribution in [1.82, 2.24) is 0 Å². The van der Waals surface area contributed by atoms with Gasteiger partial charge in [-0.1, -0.05) is 64.7 Å². The Morgan fingerprint density at radius 2 is 1.13 bits per heavy atom. The minimum absolute atomic E-state index is 0. The quantitative estimate of drug-likeness (QED) is 0.301. The van der Waals surface area contributed by atoms with Gasteiger partial charge >= 0.3 is 0 Å². The van der Waals surface area contributed by atoms with Crippen LogP contribution in [-0.4, -0.2) is 23.6 Å². The summed E-state index contributed by atoms with van der Waals surface area (Å²) >= 11 is 0. The molecule has 15 heavy (non-hydrogen) atoms. The number of hydrogen-bond acceptors (Lipinski definition) is 1. The molecule has 0 aliphatic carbocycles. The zero-order valence-electron chi connectivity index (χ0n) is 9.76. The highest BCUT2D eigenvalue weighted by Crippen LogP contribution is 2.10. The molecule has 0 unspecified atom stereocenters. The van der Waals surface area contributed by atoms with E-state index in [1.807, 2.05) is 0 Å². The fourth-order valence-electron chi connectivity index (χ4n) is 1.72. The Bertz CT molecular complexity index is 115. The Balaban J connectivity index is 0. The number of rotatable bonds is 11. The minimum Gasteiger partial charge on any atom is -0.303 e. The molecule has 90 valence electrons. The van der Waals surface area contributed by atoms with Gasteiger partial charge in [0.2, 0.25) is 0 Å². The highest BCUT2D eigenvalue weighted by Gasteiger charge is 1.91. The lowest BCUT2D eigenvalue weighted by Crippen LogP contribution is -1.82. The molecule has 0 aromatic heterocycles. The predicted octanol–water partition coefficient (Wildman–Crippen LogP) is 3.31. The van der Waals surface area contributed by atoms with Gasteiger partial charge < -0.3 is 4.79 Å². The van der Waals surface area contributed by atoms with E-state index >= 15 is 0 Å². The molecule has 1 nitrogen and oxygen atoms in total. The summed E-state index contributed by atoms with van der Waals surface area (Å²) in [6.45, 7) is 2.26. The Morgan fingerprint density at radius 1 is 0.733 bits per heavy atom. The Morgan fingerprint density at radius 3 is 1.53 bits per heavy atom. The van der Waals surface area contributed by atoms with Crippen molar-refractivity contribution in [2.75, 3.05) is 0 Å². The lowest BCUT2D eigenvalue weighted by molar-refractivity contribution is -0.107. The van der Waals surface area contributed by atoms with Crippen LogP contribution in [0.25, 0.3) is 0 Å². The third-order valence-electron chi connectivity index (χ3n) is 2.68. The van der Waals surface area contributed by atoms with Crippen LogP contribution < -0.4 is 0 Å². The fourth-order valence-corrected chi connectivity index (χ4v) is 1.72. The van der Waals surface area contributed by atoms with Gasteiger partial charge in [-0.05, 0) is 6.42 Å². The van der Waals surface area contributed by atoms with Crippen molar-refractivity contribution in [2.24, 2.45) is 0 Å². The van der Waals surface area contributed by atoms with Crippen LogP contribution in [0.15, 0.2) is 0 Å². The smallest absolute Gasteiger partial charge is 0.187 e. The molecule has 0 N–H and O–H groups in total. The van der Waals surface area contributed by atoms with Crippen LogP contribution in [0.5, 0.6) is 0 Å². The molecule has 0 aliphatic heterocycles. The third kappa shape index (κ3) is 16.9. The molecule has 0 heterocycles. The van der Waals surface area contributed by atoms with Crippen LogP contribution in [0.4, 0.5) is 0 Å². The molecule has 0 aromatic carbocycles. The van der Waals surface area contributed by atoms with Crippen molar-refractivity contribution in [3.05, 3.63) is 0 Å². The van der Waals surface area contributed by atoms with Gasteiger partial charge in [-0.3, -0.25) is 0 Å². The van der Waals surface area contributed by atoms with E-state index in [9.17, 15) is 4.79 Å². The third-order valence-corrected chi connectivity index (χ3v) is 2.68. The van der Waals surface area contributed by atoms with Crippen molar-refractivity contribution in [1.29, 1.82) is 0 Å². The molecule has 0 fully saturated rings. The van der Waals surface area contributed by atoms with Crippen molar-refractivity contribution >= 4 is 23.6 Å². The molecule has 0 amide bonds. The maximum absolute atomic E-state index is 10.0. The first-order valence-electron chi connectivity index (χ1n) is 6.35. The van der Waals surface area contributed by atoms with E-state index in [0.717, 1.165) is 19.1 Å². The van der Waals surface area contributed by atoms with Crippen molar-refractivity contribution < 1.29 is 4.79 Å². The summed E-state index contributed by atoms with van der Waals surface area (Å²) < 4.78 is 0. The topological polar surface area (TPSA) is 17.1 Å². The SMILES string of the molecule is CCCCCCCCCCCCC=O.[AlH3]. The van der Waals surface area contributed by atoms with E-state index in [4.69, 9.17) is 0 Å². The molecule has 0 aromatic rings. The number of carbonyl (C=O) groups is 1. The highest BCUT2D eigenvalue weighted by molar-refractivity contribution is 5.75. The van der Waals surface area contributed by atoms with Crippen LogP contribution in [-0.2, 0) is 4.79 Å². The largest absolute Gasteiger partial charge is 0.303 e. The van der Waals surface area contributed by atoms with E-state index in [1.54, 1.807) is 0 Å². The van der Waals surface area contributed by atoms with Gasteiger partial charge in [-0.25, -0.2) is 0 Å². The summed E-state index contributed by atoms with van der Waals surface area (Å²) in [6.07, 6.45) is 15.2. The second kappa shape index (κ2) is 16.6.